The molecule has 0 saturated heterocycles. The van der Waals surface area contributed by atoms with Gasteiger partial charge in [-0.3, -0.25) is 0 Å². The van der Waals surface area contributed by atoms with Crippen LogP contribution in [0.4, 0.5) is 0 Å². The molecule has 0 N–H and O–H groups in total. The van der Waals surface area contributed by atoms with E-state index in [1.807, 2.05) is 24.3 Å². The van der Waals surface area contributed by atoms with Crippen LogP contribution in [0.5, 0.6) is 5.75 Å². The molecule has 1 heterocycles. The fraction of sp³-hybridized carbons (Fsp3) is 0.294. The molecule has 1 aliphatic rings. The third kappa shape index (κ3) is 2.97. The molecular weight excluding hydrogens is 272 g/mol. The molecule has 0 amide bonds. The Hall–Kier alpha value is -1.51. The van der Waals surface area contributed by atoms with Gasteiger partial charge in [-0.25, -0.2) is 0 Å². The third-order valence-corrected chi connectivity index (χ3v) is 3.86. The molecule has 0 radical (unpaired) electrons. The number of hydrogen-bond donors (Lipinski definition) is 0. The van der Waals surface area contributed by atoms with Crippen LogP contribution in [-0.2, 0) is 17.0 Å². The largest absolute Gasteiger partial charge is 0.491 e. The SMILES string of the molecule is ClCc1cccc(OCC2OCCc3ccccc32)c1. The van der Waals surface area contributed by atoms with Crippen molar-refractivity contribution in [1.82, 2.24) is 0 Å². The van der Waals surface area contributed by atoms with Crippen LogP contribution >= 0.6 is 11.6 Å². The van der Waals surface area contributed by atoms with E-state index in [-0.39, 0.29) is 6.10 Å². The zero-order chi connectivity index (χ0) is 13.8. The lowest BCUT2D eigenvalue weighted by molar-refractivity contribution is 0.0102. The molecule has 20 heavy (non-hydrogen) atoms. The van der Waals surface area contributed by atoms with Gasteiger partial charge < -0.3 is 9.47 Å². The highest BCUT2D eigenvalue weighted by molar-refractivity contribution is 6.17. The van der Waals surface area contributed by atoms with Gasteiger partial charge in [-0.05, 0) is 35.2 Å². The smallest absolute Gasteiger partial charge is 0.119 e. The second-order valence-electron chi connectivity index (χ2n) is 4.90. The van der Waals surface area contributed by atoms with Gasteiger partial charge in [0.1, 0.15) is 18.5 Å². The van der Waals surface area contributed by atoms with Gasteiger partial charge in [0.15, 0.2) is 0 Å². The number of alkyl halides is 1. The Balaban J connectivity index is 1.70. The molecule has 2 nitrogen and oxygen atoms in total. The van der Waals surface area contributed by atoms with Gasteiger partial charge >= 0.3 is 0 Å². The molecule has 3 rings (SSSR count). The topological polar surface area (TPSA) is 18.5 Å². The summed E-state index contributed by atoms with van der Waals surface area (Å²) in [6.07, 6.45) is 0.994. The molecule has 3 heteroatoms. The number of rotatable bonds is 4. The Labute approximate surface area is 124 Å². The Bertz CT molecular complexity index is 583. The van der Waals surface area contributed by atoms with Crippen LogP contribution in [-0.4, -0.2) is 13.2 Å². The predicted octanol–water partition coefficient (Wildman–Crippen LogP) is 4.12. The Morgan fingerprint density at radius 3 is 2.95 bits per heavy atom. The van der Waals surface area contributed by atoms with Gasteiger partial charge in [-0.15, -0.1) is 11.6 Å². The summed E-state index contributed by atoms with van der Waals surface area (Å²) in [4.78, 5) is 0. The first-order valence-corrected chi connectivity index (χ1v) is 7.37. The number of fused-ring (bicyclic) bond motifs is 1. The highest BCUT2D eigenvalue weighted by Crippen LogP contribution is 2.27. The normalized spacial score (nSPS) is 17.6. The van der Waals surface area contributed by atoms with Crippen molar-refractivity contribution in [3.63, 3.8) is 0 Å². The van der Waals surface area contributed by atoms with Crippen molar-refractivity contribution >= 4 is 11.6 Å². The standard InChI is InChI=1S/C17H17ClO2/c18-11-13-4-3-6-15(10-13)20-12-17-16-7-2-1-5-14(16)8-9-19-17/h1-7,10,17H,8-9,11-12H2. The second-order valence-corrected chi connectivity index (χ2v) is 5.17. The number of hydrogen-bond acceptors (Lipinski definition) is 2. The first-order valence-electron chi connectivity index (χ1n) is 6.84. The maximum Gasteiger partial charge on any atom is 0.119 e. The molecule has 0 aliphatic carbocycles. The van der Waals surface area contributed by atoms with Crippen LogP contribution in [0.2, 0.25) is 0 Å². The molecule has 0 fully saturated rings. The average Bonchev–Trinajstić information content (AvgIpc) is 2.53. The Morgan fingerprint density at radius 2 is 2.05 bits per heavy atom. The van der Waals surface area contributed by atoms with E-state index in [0.29, 0.717) is 12.5 Å². The van der Waals surface area contributed by atoms with Crippen molar-refractivity contribution in [2.24, 2.45) is 0 Å². The zero-order valence-corrected chi connectivity index (χ0v) is 12.0. The lowest BCUT2D eigenvalue weighted by atomic mass is 9.98. The summed E-state index contributed by atoms with van der Waals surface area (Å²) >= 11 is 5.83. The van der Waals surface area contributed by atoms with Gasteiger partial charge in [0.05, 0.1) is 6.61 Å². The van der Waals surface area contributed by atoms with Crippen LogP contribution in [0.3, 0.4) is 0 Å². The summed E-state index contributed by atoms with van der Waals surface area (Å²) in [5.74, 6) is 1.34. The van der Waals surface area contributed by atoms with Gasteiger partial charge in [0, 0.05) is 5.88 Å². The van der Waals surface area contributed by atoms with Gasteiger partial charge in [0.2, 0.25) is 0 Å². The molecule has 2 aromatic carbocycles. The fourth-order valence-corrected chi connectivity index (χ4v) is 2.67. The lowest BCUT2D eigenvalue weighted by Gasteiger charge is -2.26. The monoisotopic (exact) mass is 288 g/mol. The van der Waals surface area contributed by atoms with Gasteiger partial charge in [-0.2, -0.15) is 0 Å². The van der Waals surface area contributed by atoms with Crippen LogP contribution in [0.25, 0.3) is 0 Å². The number of halogens is 1. The Kier molecular flexibility index (Phi) is 4.24. The van der Waals surface area contributed by atoms with E-state index in [2.05, 4.69) is 24.3 Å². The first kappa shape index (κ1) is 13.5. The molecule has 1 aliphatic heterocycles. The van der Waals surface area contributed by atoms with Crippen LogP contribution in [0.15, 0.2) is 48.5 Å². The van der Waals surface area contributed by atoms with E-state index < -0.39 is 0 Å². The molecular formula is C17H17ClO2. The van der Waals surface area contributed by atoms with Crippen LogP contribution < -0.4 is 4.74 Å². The Morgan fingerprint density at radius 1 is 1.15 bits per heavy atom. The third-order valence-electron chi connectivity index (χ3n) is 3.55. The summed E-state index contributed by atoms with van der Waals surface area (Å²) in [5.41, 5.74) is 3.67. The molecule has 104 valence electrons. The molecule has 0 bridgehead atoms. The minimum atomic E-state index is 0.0135. The van der Waals surface area contributed by atoms with Crippen LogP contribution in [0.1, 0.15) is 22.8 Å². The summed E-state index contributed by atoms with van der Waals surface area (Å²) in [6.45, 7) is 1.29. The van der Waals surface area contributed by atoms with Crippen molar-refractivity contribution in [3.05, 3.63) is 65.2 Å². The fourth-order valence-electron chi connectivity index (χ4n) is 2.51. The van der Waals surface area contributed by atoms with Crippen molar-refractivity contribution in [3.8, 4) is 5.75 Å². The van der Waals surface area contributed by atoms with E-state index in [9.17, 15) is 0 Å². The minimum Gasteiger partial charge on any atom is -0.491 e. The van der Waals surface area contributed by atoms with E-state index >= 15 is 0 Å². The molecule has 2 aromatic rings. The summed E-state index contributed by atoms with van der Waals surface area (Å²) in [6, 6.07) is 16.3. The highest BCUT2D eigenvalue weighted by Gasteiger charge is 2.20. The number of benzene rings is 2. The molecule has 1 unspecified atom stereocenters. The van der Waals surface area contributed by atoms with E-state index in [1.165, 1.54) is 11.1 Å². The minimum absolute atomic E-state index is 0.0135. The zero-order valence-electron chi connectivity index (χ0n) is 11.2. The van der Waals surface area contributed by atoms with Crippen molar-refractivity contribution < 1.29 is 9.47 Å². The van der Waals surface area contributed by atoms with Crippen molar-refractivity contribution in [1.29, 1.82) is 0 Å². The van der Waals surface area contributed by atoms with Crippen LogP contribution in [0, 0.1) is 0 Å². The molecule has 1 atom stereocenters. The first-order chi connectivity index (χ1) is 9.86. The highest BCUT2D eigenvalue weighted by atomic mass is 35.5. The van der Waals surface area contributed by atoms with Gasteiger partial charge in [-0.1, -0.05) is 36.4 Å². The lowest BCUT2D eigenvalue weighted by Crippen LogP contribution is -2.21. The van der Waals surface area contributed by atoms with Crippen molar-refractivity contribution in [2.75, 3.05) is 13.2 Å². The predicted molar refractivity (Wildman–Crippen MR) is 80.3 cm³/mol. The number of ether oxygens (including phenoxy) is 2. The van der Waals surface area contributed by atoms with E-state index in [1.54, 1.807) is 0 Å². The van der Waals surface area contributed by atoms with E-state index in [0.717, 1.165) is 24.3 Å². The van der Waals surface area contributed by atoms with Gasteiger partial charge in [0.25, 0.3) is 0 Å². The average molecular weight is 289 g/mol. The summed E-state index contributed by atoms with van der Waals surface area (Å²) in [5, 5.41) is 0. The maximum atomic E-state index is 5.86. The quantitative estimate of drug-likeness (QED) is 0.788. The summed E-state index contributed by atoms with van der Waals surface area (Å²) in [7, 11) is 0. The van der Waals surface area contributed by atoms with Crippen molar-refractivity contribution in [2.45, 2.75) is 18.4 Å². The van der Waals surface area contributed by atoms with E-state index in [4.69, 9.17) is 21.1 Å². The second kappa shape index (κ2) is 6.29. The summed E-state index contributed by atoms with van der Waals surface area (Å²) < 4.78 is 11.7. The maximum absolute atomic E-state index is 5.86. The molecule has 0 spiro atoms. The molecule has 0 aromatic heterocycles. The molecule has 0 saturated carbocycles.